The Balaban J connectivity index is 2.75. The van der Waals surface area contributed by atoms with E-state index in [-0.39, 0.29) is 24.5 Å². The third-order valence-electron chi connectivity index (χ3n) is 3.06. The average molecular weight is 341 g/mol. The van der Waals surface area contributed by atoms with Crippen LogP contribution < -0.4 is 10.5 Å². The third kappa shape index (κ3) is 6.84. The summed E-state index contributed by atoms with van der Waals surface area (Å²) in [7, 11) is 1.59. The zero-order chi connectivity index (χ0) is 17.9. The van der Waals surface area contributed by atoms with Crippen molar-refractivity contribution in [2.24, 2.45) is 0 Å². The Hall–Kier alpha value is -2.32. The summed E-state index contributed by atoms with van der Waals surface area (Å²) in [6, 6.07) is 2.93. The number of aromatic carboxylic acids is 1. The molecule has 3 N–H and O–H groups in total. The molecule has 0 radical (unpaired) electrons. The van der Waals surface area contributed by atoms with E-state index in [4.69, 9.17) is 29.8 Å². The van der Waals surface area contributed by atoms with Crippen LogP contribution in [0.1, 0.15) is 22.8 Å². The van der Waals surface area contributed by atoms with Gasteiger partial charge in [-0.15, -0.1) is 0 Å². The van der Waals surface area contributed by atoms with Gasteiger partial charge in [0.2, 0.25) is 0 Å². The van der Waals surface area contributed by atoms with E-state index >= 15 is 0 Å². The summed E-state index contributed by atoms with van der Waals surface area (Å²) < 4.78 is 20.6. The molecule has 0 fully saturated rings. The molecule has 0 aliphatic heterocycles. The molecule has 0 spiro atoms. The molecule has 0 unspecified atom stereocenters. The standard InChI is InChI=1S/C16H23NO7/c1-11(18)23-7-8-24-15-10-13(16(19)20)14(17)9-12(15)3-4-22-6-5-21-2/h9-10H,3-8,17H2,1-2H3,(H,19,20). The van der Waals surface area contributed by atoms with Crippen molar-refractivity contribution < 1.29 is 33.6 Å². The van der Waals surface area contributed by atoms with Crippen LogP contribution in [0.15, 0.2) is 12.1 Å². The number of methoxy groups -OCH3 is 1. The molecule has 0 aliphatic rings. The van der Waals surface area contributed by atoms with Gasteiger partial charge in [-0.3, -0.25) is 4.79 Å². The molecule has 0 bridgehead atoms. The van der Waals surface area contributed by atoms with Crippen LogP contribution >= 0.6 is 0 Å². The van der Waals surface area contributed by atoms with Crippen LogP contribution in [0.3, 0.4) is 0 Å². The second-order valence-electron chi connectivity index (χ2n) is 4.90. The van der Waals surface area contributed by atoms with Gasteiger partial charge < -0.3 is 29.8 Å². The number of carboxylic acid groups (broad SMARTS) is 1. The van der Waals surface area contributed by atoms with Crippen LogP contribution in [0.2, 0.25) is 0 Å². The maximum atomic E-state index is 11.2. The van der Waals surface area contributed by atoms with Crippen LogP contribution in [0.25, 0.3) is 0 Å². The molecule has 0 saturated carbocycles. The van der Waals surface area contributed by atoms with E-state index < -0.39 is 11.9 Å². The van der Waals surface area contributed by atoms with Gasteiger partial charge in [-0.25, -0.2) is 4.79 Å². The van der Waals surface area contributed by atoms with Gasteiger partial charge in [-0.2, -0.15) is 0 Å². The maximum Gasteiger partial charge on any atom is 0.337 e. The highest BCUT2D eigenvalue weighted by atomic mass is 16.6. The van der Waals surface area contributed by atoms with Crippen molar-refractivity contribution in [2.45, 2.75) is 13.3 Å². The number of rotatable bonds is 11. The fourth-order valence-corrected chi connectivity index (χ4v) is 1.92. The van der Waals surface area contributed by atoms with Crippen molar-refractivity contribution in [1.82, 2.24) is 0 Å². The molecule has 0 atom stereocenters. The zero-order valence-corrected chi connectivity index (χ0v) is 13.9. The summed E-state index contributed by atoms with van der Waals surface area (Å²) in [4.78, 5) is 21.9. The van der Waals surface area contributed by atoms with Crippen molar-refractivity contribution in [2.75, 3.05) is 45.9 Å². The Morgan fingerprint density at radius 3 is 2.50 bits per heavy atom. The minimum atomic E-state index is -1.14. The van der Waals surface area contributed by atoms with Crippen LogP contribution in [0, 0.1) is 0 Å². The summed E-state index contributed by atoms with van der Waals surface area (Å²) in [5.74, 6) is -1.17. The molecule has 8 nitrogen and oxygen atoms in total. The molecule has 0 amide bonds. The lowest BCUT2D eigenvalue weighted by atomic mass is 10.1. The molecule has 1 aromatic carbocycles. The monoisotopic (exact) mass is 341 g/mol. The van der Waals surface area contributed by atoms with Gasteiger partial charge in [-0.1, -0.05) is 0 Å². The number of esters is 1. The zero-order valence-electron chi connectivity index (χ0n) is 13.9. The van der Waals surface area contributed by atoms with Crippen molar-refractivity contribution in [3.63, 3.8) is 0 Å². The minimum Gasteiger partial charge on any atom is -0.490 e. The first kappa shape index (κ1) is 19.7. The molecule has 1 rings (SSSR count). The second kappa shape index (κ2) is 10.5. The summed E-state index contributed by atoms with van der Waals surface area (Å²) in [6.07, 6.45) is 0.497. The minimum absolute atomic E-state index is 0.0402. The lowest BCUT2D eigenvalue weighted by molar-refractivity contribution is -0.141. The van der Waals surface area contributed by atoms with Gasteiger partial charge in [0.15, 0.2) is 0 Å². The maximum absolute atomic E-state index is 11.2. The van der Waals surface area contributed by atoms with Gasteiger partial charge >= 0.3 is 11.9 Å². The lowest BCUT2D eigenvalue weighted by Crippen LogP contribution is -2.13. The first-order valence-corrected chi connectivity index (χ1v) is 7.44. The predicted molar refractivity (Wildman–Crippen MR) is 86.3 cm³/mol. The number of ether oxygens (including phenoxy) is 4. The first-order valence-electron chi connectivity index (χ1n) is 7.44. The van der Waals surface area contributed by atoms with E-state index in [0.29, 0.717) is 32.0 Å². The van der Waals surface area contributed by atoms with E-state index in [0.717, 1.165) is 5.56 Å². The molecule has 0 aromatic heterocycles. The van der Waals surface area contributed by atoms with Crippen LogP contribution in [0.4, 0.5) is 5.69 Å². The molecule has 1 aromatic rings. The molecule has 8 heteroatoms. The van der Waals surface area contributed by atoms with E-state index in [1.807, 2.05) is 0 Å². The van der Waals surface area contributed by atoms with E-state index in [1.165, 1.54) is 13.0 Å². The number of hydrogen-bond donors (Lipinski definition) is 2. The third-order valence-corrected chi connectivity index (χ3v) is 3.06. The molecule has 24 heavy (non-hydrogen) atoms. The largest absolute Gasteiger partial charge is 0.490 e. The first-order chi connectivity index (χ1) is 11.5. The van der Waals surface area contributed by atoms with Gasteiger partial charge in [0.1, 0.15) is 19.0 Å². The van der Waals surface area contributed by atoms with Crippen molar-refractivity contribution in [1.29, 1.82) is 0 Å². The van der Waals surface area contributed by atoms with Crippen LogP contribution in [0.5, 0.6) is 5.75 Å². The highest BCUT2D eigenvalue weighted by Crippen LogP contribution is 2.26. The number of nitrogens with two attached hydrogens (primary N) is 1. The average Bonchev–Trinajstić information content (AvgIpc) is 2.52. The predicted octanol–water partition coefficient (Wildman–Crippen LogP) is 1.11. The van der Waals surface area contributed by atoms with Crippen molar-refractivity contribution in [3.8, 4) is 5.75 Å². The number of hydrogen-bond acceptors (Lipinski definition) is 7. The molecule has 0 heterocycles. The van der Waals surface area contributed by atoms with Gasteiger partial charge in [0, 0.05) is 19.7 Å². The Bertz CT molecular complexity index is 560. The highest BCUT2D eigenvalue weighted by Gasteiger charge is 2.14. The van der Waals surface area contributed by atoms with Gasteiger partial charge in [0.25, 0.3) is 0 Å². The number of benzene rings is 1. The molecular formula is C16H23NO7. The fraction of sp³-hybridized carbons (Fsp3) is 0.500. The number of carboxylic acids is 1. The molecule has 0 aliphatic carbocycles. The molecule has 0 saturated heterocycles. The van der Waals surface area contributed by atoms with E-state index in [2.05, 4.69) is 0 Å². The van der Waals surface area contributed by atoms with Crippen molar-refractivity contribution in [3.05, 3.63) is 23.3 Å². The van der Waals surface area contributed by atoms with E-state index in [1.54, 1.807) is 13.2 Å². The van der Waals surface area contributed by atoms with Crippen LogP contribution in [-0.2, 0) is 25.4 Å². The van der Waals surface area contributed by atoms with Crippen LogP contribution in [-0.4, -0.2) is 57.2 Å². The molecule has 134 valence electrons. The summed E-state index contributed by atoms with van der Waals surface area (Å²) >= 11 is 0. The van der Waals surface area contributed by atoms with Gasteiger partial charge in [-0.05, 0) is 24.1 Å². The number of carbonyl (C=O) groups excluding carboxylic acids is 1. The normalized spacial score (nSPS) is 10.4. The summed E-state index contributed by atoms with van der Waals surface area (Å²) in [5, 5.41) is 9.16. The Kier molecular flexibility index (Phi) is 8.59. The SMILES string of the molecule is COCCOCCc1cc(N)c(C(=O)O)cc1OCCOC(C)=O. The quantitative estimate of drug-likeness (QED) is 0.349. The second-order valence-corrected chi connectivity index (χ2v) is 4.90. The fourth-order valence-electron chi connectivity index (χ4n) is 1.92. The number of anilines is 1. The van der Waals surface area contributed by atoms with E-state index in [9.17, 15) is 9.59 Å². The Morgan fingerprint density at radius 1 is 1.12 bits per heavy atom. The summed E-state index contributed by atoms with van der Waals surface area (Å²) in [5.41, 5.74) is 6.61. The van der Waals surface area contributed by atoms with Crippen molar-refractivity contribution >= 4 is 17.6 Å². The highest BCUT2D eigenvalue weighted by molar-refractivity contribution is 5.94. The summed E-state index contributed by atoms with van der Waals surface area (Å²) in [6.45, 7) is 2.85. The Labute approximate surface area is 140 Å². The Morgan fingerprint density at radius 2 is 1.88 bits per heavy atom. The number of carbonyl (C=O) groups is 2. The number of nitrogen functional groups attached to an aromatic ring is 1. The van der Waals surface area contributed by atoms with Gasteiger partial charge in [0.05, 0.1) is 25.4 Å². The topological polar surface area (TPSA) is 117 Å². The smallest absolute Gasteiger partial charge is 0.337 e. The molecular weight excluding hydrogens is 318 g/mol. The lowest BCUT2D eigenvalue weighted by Gasteiger charge is -2.14.